The number of carbonyl (C=O) groups excluding carboxylic acids is 1. The van der Waals surface area contributed by atoms with Crippen LogP contribution in [0.25, 0.3) is 0 Å². The number of amides is 1. The predicted octanol–water partition coefficient (Wildman–Crippen LogP) is 0.840. The zero-order valence-corrected chi connectivity index (χ0v) is 12.1. The summed E-state index contributed by atoms with van der Waals surface area (Å²) in [6.45, 7) is 7.03. The first kappa shape index (κ1) is 15.6. The van der Waals surface area contributed by atoms with E-state index in [1.54, 1.807) is 6.20 Å². The molecule has 0 fully saturated rings. The van der Waals surface area contributed by atoms with E-state index in [1.165, 1.54) is 0 Å². The van der Waals surface area contributed by atoms with Crippen molar-refractivity contribution in [2.75, 3.05) is 26.7 Å². The van der Waals surface area contributed by atoms with E-state index in [-0.39, 0.29) is 5.91 Å². The maximum absolute atomic E-state index is 12.0. The molecule has 1 rings (SSSR count). The van der Waals surface area contributed by atoms with Crippen molar-refractivity contribution in [3.8, 4) is 0 Å². The van der Waals surface area contributed by atoms with E-state index in [0.29, 0.717) is 19.6 Å². The maximum atomic E-state index is 12.0. The van der Waals surface area contributed by atoms with Crippen LogP contribution in [0, 0.1) is 0 Å². The highest BCUT2D eigenvalue weighted by molar-refractivity contribution is 5.78. The summed E-state index contributed by atoms with van der Waals surface area (Å²) in [6.07, 6.45) is 1.74. The highest BCUT2D eigenvalue weighted by atomic mass is 16.2. The van der Waals surface area contributed by atoms with Gasteiger partial charge in [-0.2, -0.15) is 0 Å². The summed E-state index contributed by atoms with van der Waals surface area (Å²) in [6, 6.07) is 3.90. The summed E-state index contributed by atoms with van der Waals surface area (Å²) in [5.41, 5.74) is 7.64. The van der Waals surface area contributed by atoms with Gasteiger partial charge in [-0.1, -0.05) is 6.07 Å². The van der Waals surface area contributed by atoms with Crippen LogP contribution >= 0.6 is 0 Å². The highest BCUT2D eigenvalue weighted by Gasteiger charge is 2.13. The molecule has 1 amide bonds. The normalized spacial score (nSPS) is 10.8. The van der Waals surface area contributed by atoms with E-state index < -0.39 is 0 Å². The zero-order chi connectivity index (χ0) is 14.3. The molecule has 0 saturated carbocycles. The molecule has 19 heavy (non-hydrogen) atoms. The Kier molecular flexibility index (Phi) is 6.45. The number of hydrogen-bond donors (Lipinski definition) is 1. The zero-order valence-electron chi connectivity index (χ0n) is 12.1. The lowest BCUT2D eigenvalue weighted by atomic mass is 10.2. The molecule has 0 aliphatic rings. The first-order chi connectivity index (χ1) is 9.12. The lowest BCUT2D eigenvalue weighted by molar-refractivity contribution is -0.131. The number of rotatable bonds is 7. The number of nitrogens with zero attached hydrogens (tertiary/aromatic N) is 3. The fourth-order valence-corrected chi connectivity index (χ4v) is 2.05. The Bertz CT molecular complexity index is 404. The van der Waals surface area contributed by atoms with Gasteiger partial charge in [0.1, 0.15) is 0 Å². The standard InChI is InChI=1S/C14H24N4O/c1-4-18(5-2)14(19)11-17(3)10-12-7-6-8-16-13(12)9-15/h6-8H,4-5,9-11,15H2,1-3H3. The van der Waals surface area contributed by atoms with Gasteiger partial charge in [-0.3, -0.25) is 14.7 Å². The third-order valence-electron chi connectivity index (χ3n) is 3.14. The molecule has 1 aromatic rings. The Hall–Kier alpha value is -1.46. The van der Waals surface area contributed by atoms with Crippen LogP contribution in [0.3, 0.4) is 0 Å². The highest BCUT2D eigenvalue weighted by Crippen LogP contribution is 2.07. The Morgan fingerprint density at radius 3 is 2.63 bits per heavy atom. The van der Waals surface area contributed by atoms with Crippen LogP contribution in [0.2, 0.25) is 0 Å². The van der Waals surface area contributed by atoms with Gasteiger partial charge in [-0.15, -0.1) is 0 Å². The third-order valence-corrected chi connectivity index (χ3v) is 3.14. The second-order valence-corrected chi connectivity index (χ2v) is 4.55. The monoisotopic (exact) mass is 264 g/mol. The fraction of sp³-hybridized carbons (Fsp3) is 0.571. The number of pyridine rings is 1. The summed E-state index contributed by atoms with van der Waals surface area (Å²) in [5, 5.41) is 0. The number of aromatic nitrogens is 1. The Morgan fingerprint density at radius 1 is 1.37 bits per heavy atom. The van der Waals surface area contributed by atoms with Crippen molar-refractivity contribution in [1.29, 1.82) is 0 Å². The number of carbonyl (C=O) groups is 1. The van der Waals surface area contributed by atoms with Crippen molar-refractivity contribution in [3.05, 3.63) is 29.6 Å². The lowest BCUT2D eigenvalue weighted by Crippen LogP contribution is -2.38. The largest absolute Gasteiger partial charge is 0.342 e. The maximum Gasteiger partial charge on any atom is 0.236 e. The molecule has 0 saturated heterocycles. The summed E-state index contributed by atoms with van der Waals surface area (Å²) in [5.74, 6) is 0.158. The van der Waals surface area contributed by atoms with Crippen molar-refractivity contribution >= 4 is 5.91 Å². The Morgan fingerprint density at radius 2 is 2.05 bits per heavy atom. The lowest BCUT2D eigenvalue weighted by Gasteiger charge is -2.23. The van der Waals surface area contributed by atoms with E-state index in [0.717, 1.165) is 24.3 Å². The van der Waals surface area contributed by atoms with Crippen LogP contribution in [-0.4, -0.2) is 47.4 Å². The van der Waals surface area contributed by atoms with Crippen LogP contribution in [0.15, 0.2) is 18.3 Å². The number of likely N-dealkylation sites (N-methyl/N-ethyl adjacent to an activating group) is 2. The molecule has 0 atom stereocenters. The first-order valence-corrected chi connectivity index (χ1v) is 6.71. The average molecular weight is 264 g/mol. The smallest absolute Gasteiger partial charge is 0.236 e. The Balaban J connectivity index is 2.60. The molecular weight excluding hydrogens is 240 g/mol. The minimum atomic E-state index is 0.158. The van der Waals surface area contributed by atoms with Gasteiger partial charge in [0.15, 0.2) is 0 Å². The molecule has 0 radical (unpaired) electrons. The van der Waals surface area contributed by atoms with Crippen LogP contribution < -0.4 is 5.73 Å². The van der Waals surface area contributed by atoms with E-state index >= 15 is 0 Å². The van der Waals surface area contributed by atoms with Crippen LogP contribution in [-0.2, 0) is 17.9 Å². The molecule has 0 aliphatic carbocycles. The second kappa shape index (κ2) is 7.86. The second-order valence-electron chi connectivity index (χ2n) is 4.55. The Labute approximate surface area is 115 Å². The quantitative estimate of drug-likeness (QED) is 0.793. The van der Waals surface area contributed by atoms with Crippen LogP contribution in [0.4, 0.5) is 0 Å². The molecule has 0 spiro atoms. The molecule has 0 bridgehead atoms. The van der Waals surface area contributed by atoms with Gasteiger partial charge in [0.2, 0.25) is 5.91 Å². The van der Waals surface area contributed by atoms with Gasteiger partial charge in [0, 0.05) is 32.4 Å². The van der Waals surface area contributed by atoms with Crippen molar-refractivity contribution in [1.82, 2.24) is 14.8 Å². The molecule has 106 valence electrons. The third kappa shape index (κ3) is 4.61. The predicted molar refractivity (Wildman–Crippen MR) is 76.4 cm³/mol. The van der Waals surface area contributed by atoms with Gasteiger partial charge in [0.05, 0.1) is 12.2 Å². The van der Waals surface area contributed by atoms with E-state index in [1.807, 2.05) is 42.8 Å². The summed E-state index contributed by atoms with van der Waals surface area (Å²) in [4.78, 5) is 20.1. The number of hydrogen-bond acceptors (Lipinski definition) is 4. The van der Waals surface area contributed by atoms with Gasteiger partial charge >= 0.3 is 0 Å². The minimum absolute atomic E-state index is 0.158. The first-order valence-electron chi connectivity index (χ1n) is 6.71. The molecule has 0 aliphatic heterocycles. The molecule has 1 aromatic heterocycles. The van der Waals surface area contributed by atoms with E-state index in [2.05, 4.69) is 4.98 Å². The number of nitrogens with two attached hydrogens (primary N) is 1. The van der Waals surface area contributed by atoms with Gasteiger partial charge in [-0.05, 0) is 32.5 Å². The van der Waals surface area contributed by atoms with E-state index in [4.69, 9.17) is 5.73 Å². The van der Waals surface area contributed by atoms with Crippen molar-refractivity contribution in [2.45, 2.75) is 26.9 Å². The summed E-state index contributed by atoms with van der Waals surface area (Å²) >= 11 is 0. The average Bonchev–Trinajstić information content (AvgIpc) is 2.40. The van der Waals surface area contributed by atoms with Crippen LogP contribution in [0.1, 0.15) is 25.1 Å². The molecule has 5 heteroatoms. The SMILES string of the molecule is CCN(CC)C(=O)CN(C)Cc1cccnc1CN. The van der Waals surface area contributed by atoms with Gasteiger partial charge < -0.3 is 10.6 Å². The van der Waals surface area contributed by atoms with Gasteiger partial charge in [-0.25, -0.2) is 0 Å². The summed E-state index contributed by atoms with van der Waals surface area (Å²) in [7, 11) is 1.94. The molecule has 0 unspecified atom stereocenters. The molecule has 5 nitrogen and oxygen atoms in total. The molecule has 1 heterocycles. The minimum Gasteiger partial charge on any atom is -0.342 e. The van der Waals surface area contributed by atoms with Crippen molar-refractivity contribution < 1.29 is 4.79 Å². The summed E-state index contributed by atoms with van der Waals surface area (Å²) < 4.78 is 0. The fourth-order valence-electron chi connectivity index (χ4n) is 2.05. The van der Waals surface area contributed by atoms with Crippen molar-refractivity contribution in [2.24, 2.45) is 5.73 Å². The molecule has 2 N–H and O–H groups in total. The van der Waals surface area contributed by atoms with E-state index in [9.17, 15) is 4.79 Å². The van der Waals surface area contributed by atoms with Crippen LogP contribution in [0.5, 0.6) is 0 Å². The molecule has 0 aromatic carbocycles. The van der Waals surface area contributed by atoms with Crippen molar-refractivity contribution in [3.63, 3.8) is 0 Å². The van der Waals surface area contributed by atoms with Gasteiger partial charge in [0.25, 0.3) is 0 Å². The topological polar surface area (TPSA) is 62.5 Å². The molecular formula is C14H24N4O.